The van der Waals surface area contributed by atoms with E-state index < -0.39 is 10.0 Å². The topological polar surface area (TPSA) is 58.6 Å². The Hall–Kier alpha value is -0.660. The second-order valence-electron chi connectivity index (χ2n) is 4.76. The third-order valence-corrected chi connectivity index (χ3v) is 5.14. The molecule has 5 nitrogen and oxygen atoms in total. The fourth-order valence-corrected chi connectivity index (χ4v) is 3.28. The molecule has 112 valence electrons. The molecule has 0 saturated carbocycles. The lowest BCUT2D eigenvalue weighted by Gasteiger charge is -2.26. The van der Waals surface area contributed by atoms with E-state index >= 15 is 0 Å². The minimum Gasteiger partial charge on any atom is -0.379 e. The van der Waals surface area contributed by atoms with Gasteiger partial charge in [0.15, 0.2) is 0 Å². The van der Waals surface area contributed by atoms with Crippen LogP contribution in [0.3, 0.4) is 0 Å². The lowest BCUT2D eigenvalue weighted by Crippen LogP contribution is -2.41. The van der Waals surface area contributed by atoms with Crippen molar-refractivity contribution in [3.63, 3.8) is 0 Å². The van der Waals surface area contributed by atoms with Crippen LogP contribution < -0.4 is 4.72 Å². The summed E-state index contributed by atoms with van der Waals surface area (Å²) >= 11 is 5.96. The third-order valence-electron chi connectivity index (χ3n) is 3.28. The average molecular weight is 319 g/mol. The molecule has 0 spiro atoms. The first-order chi connectivity index (χ1) is 9.49. The second-order valence-corrected chi connectivity index (χ2v) is 6.94. The van der Waals surface area contributed by atoms with Gasteiger partial charge in [0, 0.05) is 31.2 Å². The average Bonchev–Trinajstić information content (AvgIpc) is 2.43. The molecule has 0 unspecified atom stereocenters. The lowest BCUT2D eigenvalue weighted by atomic mass is 10.2. The van der Waals surface area contributed by atoms with E-state index in [1.54, 1.807) is 12.1 Å². The van der Waals surface area contributed by atoms with Gasteiger partial charge in [-0.3, -0.25) is 4.90 Å². The summed E-state index contributed by atoms with van der Waals surface area (Å²) in [5.74, 6) is 0. The monoisotopic (exact) mass is 318 g/mol. The zero-order valence-electron chi connectivity index (χ0n) is 11.4. The molecular weight excluding hydrogens is 300 g/mol. The van der Waals surface area contributed by atoms with Gasteiger partial charge in [-0.1, -0.05) is 17.7 Å². The van der Waals surface area contributed by atoms with Crippen LogP contribution in [0.2, 0.25) is 5.02 Å². The SMILES string of the molecule is Cc1ccc(S(=O)(=O)NCCN2CCOCC2)cc1Cl. The van der Waals surface area contributed by atoms with Gasteiger partial charge in [-0.15, -0.1) is 0 Å². The molecule has 1 aliphatic rings. The van der Waals surface area contributed by atoms with Crippen LogP contribution in [0.5, 0.6) is 0 Å². The molecule has 20 heavy (non-hydrogen) atoms. The number of rotatable bonds is 5. The van der Waals surface area contributed by atoms with Crippen molar-refractivity contribution in [1.82, 2.24) is 9.62 Å². The molecule has 1 heterocycles. The minimum atomic E-state index is -3.49. The Balaban J connectivity index is 1.91. The number of halogens is 1. The Kier molecular flexibility index (Phi) is 5.40. The summed E-state index contributed by atoms with van der Waals surface area (Å²) in [5.41, 5.74) is 0.860. The molecule has 0 aromatic heterocycles. The number of aryl methyl sites for hydroxylation is 1. The first-order valence-corrected chi connectivity index (χ1v) is 8.41. The van der Waals surface area contributed by atoms with Gasteiger partial charge in [0.1, 0.15) is 0 Å². The van der Waals surface area contributed by atoms with Gasteiger partial charge in [0.2, 0.25) is 10.0 Å². The van der Waals surface area contributed by atoms with Crippen LogP contribution in [-0.2, 0) is 14.8 Å². The standard InChI is InChI=1S/C13H19ClN2O3S/c1-11-2-3-12(10-13(11)14)20(17,18)15-4-5-16-6-8-19-9-7-16/h2-3,10,15H,4-9H2,1H3. The minimum absolute atomic E-state index is 0.204. The first kappa shape index (κ1) is 15.7. The summed E-state index contributed by atoms with van der Waals surface area (Å²) in [6.45, 7) is 6.01. The number of morpholine rings is 1. The van der Waals surface area contributed by atoms with E-state index in [1.165, 1.54) is 6.07 Å². The van der Waals surface area contributed by atoms with Crippen molar-refractivity contribution < 1.29 is 13.2 Å². The molecule has 0 amide bonds. The van der Waals surface area contributed by atoms with Crippen molar-refractivity contribution in [2.45, 2.75) is 11.8 Å². The third kappa shape index (κ3) is 4.17. The highest BCUT2D eigenvalue weighted by Gasteiger charge is 2.16. The Morgan fingerprint density at radius 2 is 2.05 bits per heavy atom. The molecule has 0 atom stereocenters. The molecule has 1 N–H and O–H groups in total. The smallest absolute Gasteiger partial charge is 0.240 e. The van der Waals surface area contributed by atoms with Gasteiger partial charge < -0.3 is 4.74 Å². The number of nitrogens with one attached hydrogen (secondary N) is 1. The molecule has 1 aromatic carbocycles. The number of hydrogen-bond acceptors (Lipinski definition) is 4. The second kappa shape index (κ2) is 6.87. The van der Waals surface area contributed by atoms with Gasteiger partial charge in [-0.05, 0) is 24.6 Å². The van der Waals surface area contributed by atoms with E-state index in [2.05, 4.69) is 9.62 Å². The predicted octanol–water partition coefficient (Wildman–Crippen LogP) is 1.26. The van der Waals surface area contributed by atoms with Crippen molar-refractivity contribution in [2.75, 3.05) is 39.4 Å². The molecule has 1 aliphatic heterocycles. The van der Waals surface area contributed by atoms with Crippen molar-refractivity contribution in [3.05, 3.63) is 28.8 Å². The fourth-order valence-electron chi connectivity index (χ4n) is 1.99. The van der Waals surface area contributed by atoms with E-state index in [0.717, 1.165) is 18.7 Å². The van der Waals surface area contributed by atoms with Crippen LogP contribution in [0, 0.1) is 6.92 Å². The highest BCUT2D eigenvalue weighted by molar-refractivity contribution is 7.89. The fraction of sp³-hybridized carbons (Fsp3) is 0.538. The van der Waals surface area contributed by atoms with Crippen LogP contribution in [0.15, 0.2) is 23.1 Å². The Bertz CT molecular complexity index is 557. The van der Waals surface area contributed by atoms with Gasteiger partial charge in [-0.25, -0.2) is 13.1 Å². The Morgan fingerprint density at radius 3 is 2.70 bits per heavy atom. The number of sulfonamides is 1. The molecule has 1 saturated heterocycles. The zero-order chi connectivity index (χ0) is 14.6. The summed E-state index contributed by atoms with van der Waals surface area (Å²) in [6, 6.07) is 4.76. The summed E-state index contributed by atoms with van der Waals surface area (Å²) in [4.78, 5) is 2.38. The van der Waals surface area contributed by atoms with Crippen molar-refractivity contribution in [1.29, 1.82) is 0 Å². The number of benzene rings is 1. The number of hydrogen-bond donors (Lipinski definition) is 1. The van der Waals surface area contributed by atoms with Gasteiger partial charge in [-0.2, -0.15) is 0 Å². The molecule has 0 bridgehead atoms. The molecule has 7 heteroatoms. The van der Waals surface area contributed by atoms with Gasteiger partial charge in [0.25, 0.3) is 0 Å². The van der Waals surface area contributed by atoms with Gasteiger partial charge >= 0.3 is 0 Å². The van der Waals surface area contributed by atoms with Crippen molar-refractivity contribution in [3.8, 4) is 0 Å². The van der Waals surface area contributed by atoms with E-state index in [1.807, 2.05) is 6.92 Å². The maximum Gasteiger partial charge on any atom is 0.240 e. The Labute approximate surface area is 124 Å². The molecule has 0 radical (unpaired) electrons. The van der Waals surface area contributed by atoms with E-state index in [-0.39, 0.29) is 4.90 Å². The van der Waals surface area contributed by atoms with Crippen LogP contribution in [0.4, 0.5) is 0 Å². The van der Waals surface area contributed by atoms with Crippen LogP contribution in [0.25, 0.3) is 0 Å². The Morgan fingerprint density at radius 1 is 1.35 bits per heavy atom. The lowest BCUT2D eigenvalue weighted by molar-refractivity contribution is 0.0390. The molecule has 1 fully saturated rings. The summed E-state index contributed by atoms with van der Waals surface area (Å²) in [7, 11) is -3.49. The number of ether oxygens (including phenoxy) is 1. The predicted molar refractivity (Wildman–Crippen MR) is 78.6 cm³/mol. The molecule has 2 rings (SSSR count). The molecule has 0 aliphatic carbocycles. The van der Waals surface area contributed by atoms with Crippen molar-refractivity contribution >= 4 is 21.6 Å². The summed E-state index contributed by atoms with van der Waals surface area (Å²) in [5, 5.41) is 0.459. The maximum atomic E-state index is 12.1. The number of nitrogens with zero attached hydrogens (tertiary/aromatic N) is 1. The summed E-state index contributed by atoms with van der Waals surface area (Å²) in [6.07, 6.45) is 0. The molecule has 1 aromatic rings. The normalized spacial score (nSPS) is 17.3. The first-order valence-electron chi connectivity index (χ1n) is 6.55. The van der Waals surface area contributed by atoms with E-state index in [4.69, 9.17) is 16.3 Å². The van der Waals surface area contributed by atoms with Crippen LogP contribution >= 0.6 is 11.6 Å². The van der Waals surface area contributed by atoms with Gasteiger partial charge in [0.05, 0.1) is 18.1 Å². The quantitative estimate of drug-likeness (QED) is 0.888. The van der Waals surface area contributed by atoms with Crippen LogP contribution in [-0.4, -0.2) is 52.7 Å². The van der Waals surface area contributed by atoms with Crippen LogP contribution in [0.1, 0.15) is 5.56 Å². The zero-order valence-corrected chi connectivity index (χ0v) is 13.0. The molecular formula is C13H19ClN2O3S. The highest BCUT2D eigenvalue weighted by Crippen LogP contribution is 2.19. The van der Waals surface area contributed by atoms with E-state index in [9.17, 15) is 8.42 Å². The highest BCUT2D eigenvalue weighted by atomic mass is 35.5. The largest absolute Gasteiger partial charge is 0.379 e. The maximum absolute atomic E-state index is 12.1. The van der Waals surface area contributed by atoms with Crippen molar-refractivity contribution in [2.24, 2.45) is 0 Å². The summed E-state index contributed by atoms with van der Waals surface area (Å²) < 4.78 is 32.1. The van der Waals surface area contributed by atoms with E-state index in [0.29, 0.717) is 31.3 Å².